The van der Waals surface area contributed by atoms with E-state index in [2.05, 4.69) is 18.3 Å². The van der Waals surface area contributed by atoms with Gasteiger partial charge in [-0.15, -0.1) is 0 Å². The summed E-state index contributed by atoms with van der Waals surface area (Å²) < 4.78 is 5.72. The van der Waals surface area contributed by atoms with Gasteiger partial charge in [0.2, 0.25) is 0 Å². The fourth-order valence-electron chi connectivity index (χ4n) is 1.83. The Morgan fingerprint density at radius 1 is 1.64 bits per heavy atom. The first kappa shape index (κ1) is 7.32. The molecular weight excluding hydrogens is 138 g/mol. The summed E-state index contributed by atoms with van der Waals surface area (Å²) in [7, 11) is 0. The molecule has 1 fully saturated rings. The molecular formula is C9H15NO. The number of rotatable bonds is 1. The molecule has 0 aliphatic carbocycles. The largest absolute Gasteiger partial charge is 0.368 e. The Labute approximate surface area is 67.6 Å². The molecule has 2 aliphatic heterocycles. The maximum absolute atomic E-state index is 5.72. The standard InChI is InChI=1S/C9H15NO/c1-2-7-3-8-5-10-6-9(4-7)11-8/h3,8-10H,2,4-6H2,1H3/t8-,9+/m1/s1. The SMILES string of the molecule is CCC1=C[C@@H]2CNC[C@H](C1)O2. The predicted molar refractivity (Wildman–Crippen MR) is 44.5 cm³/mol. The number of hydrogen-bond donors (Lipinski definition) is 1. The molecule has 62 valence electrons. The lowest BCUT2D eigenvalue weighted by molar-refractivity contribution is -0.0218. The zero-order valence-electron chi connectivity index (χ0n) is 6.97. The number of hydrogen-bond acceptors (Lipinski definition) is 2. The lowest BCUT2D eigenvalue weighted by atomic mass is 9.98. The molecule has 0 aromatic carbocycles. The van der Waals surface area contributed by atoms with Gasteiger partial charge in [0.05, 0.1) is 12.2 Å². The second-order valence-corrected chi connectivity index (χ2v) is 3.34. The van der Waals surface area contributed by atoms with Gasteiger partial charge in [-0.1, -0.05) is 18.6 Å². The van der Waals surface area contributed by atoms with Crippen LogP contribution in [0.1, 0.15) is 19.8 Å². The molecule has 0 saturated carbocycles. The van der Waals surface area contributed by atoms with Gasteiger partial charge in [-0.25, -0.2) is 0 Å². The first-order valence-corrected chi connectivity index (χ1v) is 4.44. The average Bonchev–Trinajstić information content (AvgIpc) is 2.03. The summed E-state index contributed by atoms with van der Waals surface area (Å²) in [6.07, 6.45) is 5.42. The molecule has 2 aliphatic rings. The van der Waals surface area contributed by atoms with Gasteiger partial charge in [0, 0.05) is 13.1 Å². The summed E-state index contributed by atoms with van der Waals surface area (Å²) in [6, 6.07) is 0. The molecule has 0 radical (unpaired) electrons. The quantitative estimate of drug-likeness (QED) is 0.569. The van der Waals surface area contributed by atoms with Crippen LogP contribution in [0.25, 0.3) is 0 Å². The number of morpholine rings is 1. The minimum Gasteiger partial charge on any atom is -0.368 e. The molecule has 0 aromatic heterocycles. The Morgan fingerprint density at radius 3 is 3.27 bits per heavy atom. The van der Waals surface area contributed by atoms with Crippen molar-refractivity contribution in [2.75, 3.05) is 13.1 Å². The molecule has 2 heterocycles. The molecule has 2 heteroatoms. The smallest absolute Gasteiger partial charge is 0.0887 e. The second-order valence-electron chi connectivity index (χ2n) is 3.34. The summed E-state index contributed by atoms with van der Waals surface area (Å²) in [5.74, 6) is 0. The van der Waals surface area contributed by atoms with Crippen molar-refractivity contribution in [3.63, 3.8) is 0 Å². The van der Waals surface area contributed by atoms with E-state index in [1.807, 2.05) is 0 Å². The van der Waals surface area contributed by atoms with Gasteiger partial charge >= 0.3 is 0 Å². The second kappa shape index (κ2) is 2.95. The van der Waals surface area contributed by atoms with Crippen LogP contribution in [0.3, 0.4) is 0 Å². The highest BCUT2D eigenvalue weighted by Crippen LogP contribution is 2.22. The summed E-state index contributed by atoms with van der Waals surface area (Å²) in [5, 5.41) is 3.36. The van der Waals surface area contributed by atoms with Crippen molar-refractivity contribution in [1.82, 2.24) is 5.32 Å². The molecule has 2 rings (SSSR count). The minimum atomic E-state index is 0.359. The number of nitrogens with one attached hydrogen (secondary N) is 1. The van der Waals surface area contributed by atoms with Crippen LogP contribution in [0.5, 0.6) is 0 Å². The number of fused-ring (bicyclic) bond motifs is 2. The Hall–Kier alpha value is -0.340. The Kier molecular flexibility index (Phi) is 1.96. The van der Waals surface area contributed by atoms with Gasteiger partial charge in [-0.3, -0.25) is 0 Å². The van der Waals surface area contributed by atoms with Crippen molar-refractivity contribution in [1.29, 1.82) is 0 Å². The van der Waals surface area contributed by atoms with Gasteiger partial charge in [0.25, 0.3) is 0 Å². The third-order valence-corrected chi connectivity index (χ3v) is 2.45. The molecule has 0 unspecified atom stereocenters. The Bertz CT molecular complexity index is 176. The highest BCUT2D eigenvalue weighted by molar-refractivity contribution is 5.12. The van der Waals surface area contributed by atoms with Crippen LogP contribution >= 0.6 is 0 Å². The van der Waals surface area contributed by atoms with E-state index >= 15 is 0 Å². The highest BCUT2D eigenvalue weighted by Gasteiger charge is 2.25. The Morgan fingerprint density at radius 2 is 2.55 bits per heavy atom. The minimum absolute atomic E-state index is 0.359. The van der Waals surface area contributed by atoms with Crippen LogP contribution in [-0.4, -0.2) is 25.3 Å². The first-order chi connectivity index (χ1) is 5.38. The maximum atomic E-state index is 5.72. The normalized spacial score (nSPS) is 36.6. The molecule has 11 heavy (non-hydrogen) atoms. The van der Waals surface area contributed by atoms with Gasteiger partial charge in [-0.05, 0) is 12.8 Å². The van der Waals surface area contributed by atoms with Gasteiger partial charge in [-0.2, -0.15) is 0 Å². The molecule has 1 saturated heterocycles. The molecule has 2 bridgehead atoms. The van der Waals surface area contributed by atoms with Crippen molar-refractivity contribution >= 4 is 0 Å². The van der Waals surface area contributed by atoms with Crippen LogP contribution in [0.2, 0.25) is 0 Å². The van der Waals surface area contributed by atoms with E-state index in [-0.39, 0.29) is 0 Å². The van der Waals surface area contributed by atoms with E-state index in [0.29, 0.717) is 12.2 Å². The summed E-state index contributed by atoms with van der Waals surface area (Å²) in [5.41, 5.74) is 1.58. The third-order valence-electron chi connectivity index (χ3n) is 2.45. The monoisotopic (exact) mass is 153 g/mol. The van der Waals surface area contributed by atoms with E-state index in [0.717, 1.165) is 19.5 Å². The van der Waals surface area contributed by atoms with Crippen LogP contribution in [0, 0.1) is 0 Å². The van der Waals surface area contributed by atoms with Gasteiger partial charge in [0.1, 0.15) is 0 Å². The summed E-state index contributed by atoms with van der Waals surface area (Å²) in [6.45, 7) is 4.26. The predicted octanol–water partition coefficient (Wildman–Crippen LogP) is 1.08. The van der Waals surface area contributed by atoms with E-state index < -0.39 is 0 Å². The molecule has 2 atom stereocenters. The van der Waals surface area contributed by atoms with Crippen molar-refractivity contribution in [3.05, 3.63) is 11.6 Å². The summed E-state index contributed by atoms with van der Waals surface area (Å²) in [4.78, 5) is 0. The van der Waals surface area contributed by atoms with E-state index in [1.165, 1.54) is 6.42 Å². The Balaban J connectivity index is 2.09. The molecule has 0 spiro atoms. The zero-order valence-corrected chi connectivity index (χ0v) is 6.97. The summed E-state index contributed by atoms with van der Waals surface area (Å²) >= 11 is 0. The van der Waals surface area contributed by atoms with Crippen molar-refractivity contribution in [2.24, 2.45) is 0 Å². The van der Waals surface area contributed by atoms with Gasteiger partial charge in [0.15, 0.2) is 0 Å². The van der Waals surface area contributed by atoms with Crippen LogP contribution in [0.4, 0.5) is 0 Å². The molecule has 1 N–H and O–H groups in total. The van der Waals surface area contributed by atoms with Gasteiger partial charge < -0.3 is 10.1 Å². The first-order valence-electron chi connectivity index (χ1n) is 4.44. The highest BCUT2D eigenvalue weighted by atomic mass is 16.5. The van der Waals surface area contributed by atoms with Crippen molar-refractivity contribution in [2.45, 2.75) is 32.0 Å². The molecule has 0 amide bonds. The van der Waals surface area contributed by atoms with E-state index in [4.69, 9.17) is 4.74 Å². The molecule has 2 nitrogen and oxygen atoms in total. The lowest BCUT2D eigenvalue weighted by Crippen LogP contribution is -2.46. The maximum Gasteiger partial charge on any atom is 0.0887 e. The molecule has 0 aromatic rings. The third kappa shape index (κ3) is 1.47. The van der Waals surface area contributed by atoms with E-state index in [1.54, 1.807) is 5.57 Å². The average molecular weight is 153 g/mol. The topological polar surface area (TPSA) is 21.3 Å². The van der Waals surface area contributed by atoms with E-state index in [9.17, 15) is 0 Å². The van der Waals surface area contributed by atoms with Crippen molar-refractivity contribution in [3.8, 4) is 0 Å². The van der Waals surface area contributed by atoms with Crippen molar-refractivity contribution < 1.29 is 4.74 Å². The lowest BCUT2D eigenvalue weighted by Gasteiger charge is -2.34. The zero-order chi connectivity index (χ0) is 7.68. The van der Waals surface area contributed by atoms with Crippen LogP contribution < -0.4 is 5.32 Å². The number of ether oxygens (including phenoxy) is 1. The fraction of sp³-hybridized carbons (Fsp3) is 0.778. The van der Waals surface area contributed by atoms with Crippen LogP contribution in [-0.2, 0) is 4.74 Å². The van der Waals surface area contributed by atoms with Crippen LogP contribution in [0.15, 0.2) is 11.6 Å². The fourth-order valence-corrected chi connectivity index (χ4v) is 1.83.